The van der Waals surface area contributed by atoms with E-state index < -0.39 is 12.8 Å². The number of nitrogens with zero attached hydrogens (tertiary/aromatic N) is 1. The number of hydrogen-bond donors (Lipinski definition) is 1. The summed E-state index contributed by atoms with van der Waals surface area (Å²) in [5, 5.41) is 4.47. The highest BCUT2D eigenvalue weighted by Crippen LogP contribution is 2.32. The van der Waals surface area contributed by atoms with Crippen molar-refractivity contribution >= 4 is 33.9 Å². The standard InChI is InChI=1S/C18H14ClF3N2O2/c1-25-13-7-12(8-14(9-13)26-10-18(20,21)22)24-17-4-5-23-16-3-2-11(19)6-15(16)17/h2-9H,10H2,1H3,(H,23,24). The van der Waals surface area contributed by atoms with Gasteiger partial charge < -0.3 is 14.8 Å². The zero-order valence-electron chi connectivity index (χ0n) is 13.6. The minimum atomic E-state index is -4.42. The van der Waals surface area contributed by atoms with Gasteiger partial charge in [-0.3, -0.25) is 4.98 Å². The van der Waals surface area contributed by atoms with E-state index in [1.807, 2.05) is 0 Å². The van der Waals surface area contributed by atoms with Crippen molar-refractivity contribution in [1.82, 2.24) is 4.98 Å². The molecule has 1 heterocycles. The summed E-state index contributed by atoms with van der Waals surface area (Å²) in [6, 6.07) is 11.5. The molecule has 1 N–H and O–H groups in total. The van der Waals surface area contributed by atoms with Crippen LogP contribution in [0.25, 0.3) is 10.9 Å². The maximum absolute atomic E-state index is 12.4. The van der Waals surface area contributed by atoms with Gasteiger partial charge in [0.15, 0.2) is 6.61 Å². The van der Waals surface area contributed by atoms with Crippen LogP contribution in [-0.2, 0) is 0 Å². The molecule has 8 heteroatoms. The lowest BCUT2D eigenvalue weighted by Crippen LogP contribution is -2.19. The SMILES string of the molecule is COc1cc(Nc2ccnc3ccc(Cl)cc23)cc(OCC(F)(F)F)c1. The molecule has 3 rings (SSSR count). The van der Waals surface area contributed by atoms with Crippen molar-refractivity contribution in [2.45, 2.75) is 6.18 Å². The number of alkyl halides is 3. The molecule has 4 nitrogen and oxygen atoms in total. The molecule has 0 radical (unpaired) electrons. The Bertz CT molecular complexity index is 932. The van der Waals surface area contributed by atoms with Gasteiger partial charge in [-0.2, -0.15) is 13.2 Å². The molecule has 0 amide bonds. The van der Waals surface area contributed by atoms with Crippen LogP contribution in [0.5, 0.6) is 11.5 Å². The second-order valence-corrected chi connectivity index (χ2v) is 5.88. The van der Waals surface area contributed by atoms with E-state index in [1.165, 1.54) is 19.2 Å². The molecule has 26 heavy (non-hydrogen) atoms. The smallest absolute Gasteiger partial charge is 0.422 e. The molecular weight excluding hydrogens is 369 g/mol. The quantitative estimate of drug-likeness (QED) is 0.625. The van der Waals surface area contributed by atoms with Gasteiger partial charge in [0, 0.05) is 46.2 Å². The van der Waals surface area contributed by atoms with Crippen molar-refractivity contribution in [2.75, 3.05) is 19.0 Å². The van der Waals surface area contributed by atoms with E-state index in [0.717, 1.165) is 10.9 Å². The van der Waals surface area contributed by atoms with Crippen molar-refractivity contribution < 1.29 is 22.6 Å². The molecule has 3 aromatic rings. The highest BCUT2D eigenvalue weighted by Gasteiger charge is 2.28. The third kappa shape index (κ3) is 4.49. The summed E-state index contributed by atoms with van der Waals surface area (Å²) in [4.78, 5) is 4.26. The summed E-state index contributed by atoms with van der Waals surface area (Å²) in [5.41, 5.74) is 1.94. The Hall–Kier alpha value is -2.67. The van der Waals surface area contributed by atoms with E-state index in [1.54, 1.807) is 36.5 Å². The Morgan fingerprint density at radius 2 is 1.85 bits per heavy atom. The zero-order valence-corrected chi connectivity index (χ0v) is 14.4. The summed E-state index contributed by atoms with van der Waals surface area (Å²) in [7, 11) is 1.42. The summed E-state index contributed by atoms with van der Waals surface area (Å²) in [6.45, 7) is -1.38. The monoisotopic (exact) mass is 382 g/mol. The van der Waals surface area contributed by atoms with Gasteiger partial charge in [-0.15, -0.1) is 0 Å². The topological polar surface area (TPSA) is 43.4 Å². The molecule has 0 saturated carbocycles. The number of hydrogen-bond acceptors (Lipinski definition) is 4. The van der Waals surface area contributed by atoms with Crippen molar-refractivity contribution in [3.63, 3.8) is 0 Å². The fourth-order valence-electron chi connectivity index (χ4n) is 2.39. The zero-order chi connectivity index (χ0) is 18.7. The highest BCUT2D eigenvalue weighted by molar-refractivity contribution is 6.31. The van der Waals surface area contributed by atoms with Gasteiger partial charge in [0.05, 0.1) is 12.6 Å². The van der Waals surface area contributed by atoms with Crippen LogP contribution in [0.4, 0.5) is 24.5 Å². The third-order valence-electron chi connectivity index (χ3n) is 3.50. The normalized spacial score (nSPS) is 11.4. The average molecular weight is 383 g/mol. The minimum absolute atomic E-state index is 0.0422. The van der Waals surface area contributed by atoms with E-state index in [9.17, 15) is 13.2 Å². The van der Waals surface area contributed by atoms with Crippen molar-refractivity contribution in [3.8, 4) is 11.5 Å². The number of rotatable bonds is 5. The van der Waals surface area contributed by atoms with Crippen molar-refractivity contribution in [3.05, 3.63) is 53.7 Å². The first kappa shape index (κ1) is 18.1. The van der Waals surface area contributed by atoms with Gasteiger partial charge in [-0.05, 0) is 24.3 Å². The number of methoxy groups -OCH3 is 1. The van der Waals surface area contributed by atoms with Gasteiger partial charge in [0.25, 0.3) is 0 Å². The van der Waals surface area contributed by atoms with Crippen LogP contribution in [0.15, 0.2) is 48.7 Å². The molecule has 0 aliphatic rings. The van der Waals surface area contributed by atoms with Crippen LogP contribution in [-0.4, -0.2) is 24.9 Å². The molecule has 0 spiro atoms. The molecule has 2 aromatic carbocycles. The van der Waals surface area contributed by atoms with E-state index in [0.29, 0.717) is 22.1 Å². The largest absolute Gasteiger partial charge is 0.497 e. The number of benzene rings is 2. The first-order valence-corrected chi connectivity index (χ1v) is 7.92. The Morgan fingerprint density at radius 3 is 2.58 bits per heavy atom. The predicted molar refractivity (Wildman–Crippen MR) is 94.6 cm³/mol. The van der Waals surface area contributed by atoms with Crippen molar-refractivity contribution in [2.24, 2.45) is 0 Å². The van der Waals surface area contributed by atoms with Gasteiger partial charge >= 0.3 is 6.18 Å². The molecule has 0 aliphatic heterocycles. The Labute approximate surface area is 152 Å². The summed E-state index contributed by atoms with van der Waals surface area (Å²) in [6.07, 6.45) is -2.80. The van der Waals surface area contributed by atoms with Crippen LogP contribution in [0.3, 0.4) is 0 Å². The van der Waals surface area contributed by atoms with Crippen molar-refractivity contribution in [1.29, 1.82) is 0 Å². The molecule has 0 unspecified atom stereocenters. The summed E-state index contributed by atoms with van der Waals surface area (Å²) in [5.74, 6) is 0.407. The Morgan fingerprint density at radius 1 is 1.08 bits per heavy atom. The van der Waals surface area contributed by atoms with Crippen LogP contribution >= 0.6 is 11.6 Å². The van der Waals surface area contributed by atoms with Gasteiger partial charge in [0.1, 0.15) is 11.5 Å². The second-order valence-electron chi connectivity index (χ2n) is 5.45. The minimum Gasteiger partial charge on any atom is -0.497 e. The summed E-state index contributed by atoms with van der Waals surface area (Å²) < 4.78 is 47.1. The summed E-state index contributed by atoms with van der Waals surface area (Å²) >= 11 is 6.05. The number of pyridine rings is 1. The number of nitrogens with one attached hydrogen (secondary N) is 1. The van der Waals surface area contributed by atoms with Crippen LogP contribution < -0.4 is 14.8 Å². The van der Waals surface area contributed by atoms with Gasteiger partial charge in [0.2, 0.25) is 0 Å². The number of ether oxygens (including phenoxy) is 2. The lowest BCUT2D eigenvalue weighted by molar-refractivity contribution is -0.153. The lowest BCUT2D eigenvalue weighted by Gasteiger charge is -2.14. The number of aromatic nitrogens is 1. The van der Waals surface area contributed by atoms with Crippen LogP contribution in [0, 0.1) is 0 Å². The first-order valence-electron chi connectivity index (χ1n) is 7.54. The molecule has 0 aliphatic carbocycles. The molecule has 0 bridgehead atoms. The van der Waals surface area contributed by atoms with Crippen LogP contribution in [0.2, 0.25) is 5.02 Å². The first-order chi connectivity index (χ1) is 12.3. The predicted octanol–water partition coefficient (Wildman–Crippen LogP) is 5.58. The third-order valence-corrected chi connectivity index (χ3v) is 3.74. The molecule has 136 valence electrons. The molecule has 1 aromatic heterocycles. The molecule has 0 saturated heterocycles. The van der Waals surface area contributed by atoms with E-state index in [4.69, 9.17) is 21.1 Å². The van der Waals surface area contributed by atoms with Gasteiger partial charge in [-0.25, -0.2) is 0 Å². The van der Waals surface area contributed by atoms with E-state index in [2.05, 4.69) is 10.3 Å². The Balaban J connectivity index is 1.93. The fraction of sp³-hybridized carbons (Fsp3) is 0.167. The molecule has 0 fully saturated rings. The Kier molecular flexibility index (Phi) is 5.08. The van der Waals surface area contributed by atoms with E-state index in [-0.39, 0.29) is 5.75 Å². The number of anilines is 2. The lowest BCUT2D eigenvalue weighted by atomic mass is 10.1. The van der Waals surface area contributed by atoms with Crippen LogP contribution in [0.1, 0.15) is 0 Å². The highest BCUT2D eigenvalue weighted by atomic mass is 35.5. The fourth-order valence-corrected chi connectivity index (χ4v) is 2.57. The number of halogens is 4. The maximum atomic E-state index is 12.4. The van der Waals surface area contributed by atoms with E-state index >= 15 is 0 Å². The average Bonchev–Trinajstić information content (AvgIpc) is 2.60. The van der Waals surface area contributed by atoms with Gasteiger partial charge in [-0.1, -0.05) is 11.6 Å². The second kappa shape index (κ2) is 7.29. The number of fused-ring (bicyclic) bond motifs is 1. The maximum Gasteiger partial charge on any atom is 0.422 e. The molecule has 0 atom stereocenters. The molecular formula is C18H14ClF3N2O2.